The fourth-order valence-corrected chi connectivity index (χ4v) is 1.34. The second-order valence-corrected chi connectivity index (χ2v) is 4.50. The molecule has 0 rings (SSSR count). The number of nitrogens with one attached hydrogen (secondary N) is 1. The molecular formula is C13H28N2O3. The van der Waals surface area contributed by atoms with Crippen LogP contribution in [-0.2, 0) is 14.3 Å². The van der Waals surface area contributed by atoms with Crippen LogP contribution in [0.2, 0.25) is 0 Å². The van der Waals surface area contributed by atoms with E-state index in [4.69, 9.17) is 9.47 Å². The molecule has 18 heavy (non-hydrogen) atoms. The van der Waals surface area contributed by atoms with Gasteiger partial charge >= 0.3 is 0 Å². The zero-order valence-electron chi connectivity index (χ0n) is 12.2. The van der Waals surface area contributed by atoms with Crippen LogP contribution in [0.4, 0.5) is 0 Å². The molecule has 0 atom stereocenters. The van der Waals surface area contributed by atoms with Gasteiger partial charge in [0.25, 0.3) is 0 Å². The molecule has 0 saturated carbocycles. The Morgan fingerprint density at radius 1 is 1.17 bits per heavy atom. The Morgan fingerprint density at radius 2 is 1.78 bits per heavy atom. The number of carbonyl (C=O) groups excluding carboxylic acids is 1. The van der Waals surface area contributed by atoms with E-state index >= 15 is 0 Å². The van der Waals surface area contributed by atoms with Crippen molar-refractivity contribution in [2.45, 2.75) is 33.2 Å². The first-order chi connectivity index (χ1) is 8.57. The smallest absolute Gasteiger partial charge is 0.222 e. The number of rotatable bonds is 11. The van der Waals surface area contributed by atoms with Crippen LogP contribution >= 0.6 is 0 Å². The highest BCUT2D eigenvalue weighted by atomic mass is 16.5. The maximum atomic E-state index is 11.2. The average molecular weight is 260 g/mol. The minimum absolute atomic E-state index is 0.148. The van der Waals surface area contributed by atoms with E-state index in [0.717, 1.165) is 6.54 Å². The summed E-state index contributed by atoms with van der Waals surface area (Å²) in [5.41, 5.74) is 0. The predicted octanol–water partition coefficient (Wildman–Crippen LogP) is 0.886. The first kappa shape index (κ1) is 17.4. The Bertz CT molecular complexity index is 210. The normalized spacial score (nSPS) is 10.9. The molecule has 0 aliphatic rings. The summed E-state index contributed by atoms with van der Waals surface area (Å²) < 4.78 is 10.8. The summed E-state index contributed by atoms with van der Waals surface area (Å²) in [5, 5.41) is 3.27. The monoisotopic (exact) mass is 260 g/mol. The van der Waals surface area contributed by atoms with Crippen LogP contribution in [0.15, 0.2) is 0 Å². The molecule has 0 spiro atoms. The lowest BCUT2D eigenvalue weighted by Crippen LogP contribution is -2.30. The van der Waals surface area contributed by atoms with Crippen molar-refractivity contribution in [3.63, 3.8) is 0 Å². The zero-order valence-corrected chi connectivity index (χ0v) is 12.2. The van der Waals surface area contributed by atoms with E-state index in [1.165, 1.54) is 0 Å². The lowest BCUT2D eigenvalue weighted by molar-refractivity contribution is -0.130. The van der Waals surface area contributed by atoms with Gasteiger partial charge in [-0.05, 0) is 0 Å². The summed E-state index contributed by atoms with van der Waals surface area (Å²) in [4.78, 5) is 12.9. The summed E-state index contributed by atoms with van der Waals surface area (Å²) in [7, 11) is 1.79. The maximum absolute atomic E-state index is 11.2. The van der Waals surface area contributed by atoms with Gasteiger partial charge in [-0.1, -0.05) is 20.8 Å². The standard InChI is InChI=1S/C13H28N2O3/c1-5-13(16)15(4)7-9-18-11-10-17-8-6-14-12(2)3/h12,14H,5-11H2,1-4H3. The highest BCUT2D eigenvalue weighted by molar-refractivity contribution is 5.75. The first-order valence-corrected chi connectivity index (χ1v) is 6.70. The molecule has 108 valence electrons. The SMILES string of the molecule is CCC(=O)N(C)CCOCCOCCNC(C)C. The average Bonchev–Trinajstić information content (AvgIpc) is 2.35. The largest absolute Gasteiger partial charge is 0.378 e. The van der Waals surface area contributed by atoms with Crippen molar-refractivity contribution < 1.29 is 14.3 Å². The number of hydrogen-bond acceptors (Lipinski definition) is 4. The van der Waals surface area contributed by atoms with Gasteiger partial charge < -0.3 is 19.7 Å². The van der Waals surface area contributed by atoms with E-state index in [0.29, 0.717) is 45.4 Å². The molecule has 0 aromatic carbocycles. The zero-order chi connectivity index (χ0) is 13.8. The van der Waals surface area contributed by atoms with Crippen LogP contribution in [0.5, 0.6) is 0 Å². The van der Waals surface area contributed by atoms with E-state index in [1.807, 2.05) is 6.92 Å². The van der Waals surface area contributed by atoms with Crippen LogP contribution in [0.1, 0.15) is 27.2 Å². The molecule has 0 saturated heterocycles. The van der Waals surface area contributed by atoms with Gasteiger partial charge in [-0.25, -0.2) is 0 Å². The molecule has 1 N–H and O–H groups in total. The number of carbonyl (C=O) groups is 1. The van der Waals surface area contributed by atoms with Crippen molar-refractivity contribution in [1.82, 2.24) is 10.2 Å². The van der Waals surface area contributed by atoms with Gasteiger partial charge in [0.05, 0.1) is 26.4 Å². The maximum Gasteiger partial charge on any atom is 0.222 e. The van der Waals surface area contributed by atoms with Crippen LogP contribution in [0.25, 0.3) is 0 Å². The third kappa shape index (κ3) is 10.5. The Hall–Kier alpha value is -0.650. The molecule has 0 aromatic heterocycles. The number of hydrogen-bond donors (Lipinski definition) is 1. The Morgan fingerprint density at radius 3 is 2.33 bits per heavy atom. The van der Waals surface area contributed by atoms with Gasteiger partial charge in [0.2, 0.25) is 5.91 Å². The summed E-state index contributed by atoms with van der Waals surface area (Å²) in [5.74, 6) is 0.148. The summed E-state index contributed by atoms with van der Waals surface area (Å²) >= 11 is 0. The summed E-state index contributed by atoms with van der Waals surface area (Å²) in [6.07, 6.45) is 0.544. The molecule has 5 nitrogen and oxygen atoms in total. The van der Waals surface area contributed by atoms with Crippen LogP contribution in [-0.4, -0.2) is 63.4 Å². The van der Waals surface area contributed by atoms with Crippen LogP contribution in [0, 0.1) is 0 Å². The molecule has 1 amide bonds. The van der Waals surface area contributed by atoms with E-state index < -0.39 is 0 Å². The summed E-state index contributed by atoms with van der Waals surface area (Å²) in [6.45, 7) is 10.0. The third-order valence-electron chi connectivity index (χ3n) is 2.47. The fourth-order valence-electron chi connectivity index (χ4n) is 1.34. The second-order valence-electron chi connectivity index (χ2n) is 4.50. The highest BCUT2D eigenvalue weighted by Gasteiger charge is 2.04. The number of nitrogens with zero attached hydrogens (tertiary/aromatic N) is 1. The van der Waals surface area contributed by atoms with Gasteiger partial charge in [0.15, 0.2) is 0 Å². The topological polar surface area (TPSA) is 50.8 Å². The molecule has 0 fully saturated rings. The Balaban J connectivity index is 3.19. The van der Waals surface area contributed by atoms with Gasteiger partial charge in [-0.3, -0.25) is 4.79 Å². The van der Waals surface area contributed by atoms with Crippen molar-refractivity contribution in [2.24, 2.45) is 0 Å². The first-order valence-electron chi connectivity index (χ1n) is 6.70. The molecule has 0 unspecified atom stereocenters. The lowest BCUT2D eigenvalue weighted by atomic mass is 10.4. The van der Waals surface area contributed by atoms with Crippen LogP contribution in [0.3, 0.4) is 0 Å². The minimum Gasteiger partial charge on any atom is -0.378 e. The van der Waals surface area contributed by atoms with Crippen molar-refractivity contribution >= 4 is 5.91 Å². The molecule has 0 bridgehead atoms. The number of amides is 1. The summed E-state index contributed by atoms with van der Waals surface area (Å²) in [6, 6.07) is 0.497. The van der Waals surface area contributed by atoms with Gasteiger partial charge in [-0.15, -0.1) is 0 Å². The van der Waals surface area contributed by atoms with Crippen LogP contribution < -0.4 is 5.32 Å². The molecule has 0 radical (unpaired) electrons. The Labute approximate surface area is 111 Å². The number of ether oxygens (including phenoxy) is 2. The van der Waals surface area contributed by atoms with Gasteiger partial charge in [0, 0.05) is 32.6 Å². The van der Waals surface area contributed by atoms with Gasteiger partial charge in [-0.2, -0.15) is 0 Å². The van der Waals surface area contributed by atoms with Crippen molar-refractivity contribution in [3.8, 4) is 0 Å². The molecule has 5 heteroatoms. The van der Waals surface area contributed by atoms with E-state index in [1.54, 1.807) is 11.9 Å². The second kappa shape index (κ2) is 11.4. The fraction of sp³-hybridized carbons (Fsp3) is 0.923. The number of likely N-dealkylation sites (N-methyl/N-ethyl adjacent to an activating group) is 1. The van der Waals surface area contributed by atoms with E-state index in [-0.39, 0.29) is 5.91 Å². The van der Waals surface area contributed by atoms with Crippen molar-refractivity contribution in [2.75, 3.05) is 46.6 Å². The van der Waals surface area contributed by atoms with E-state index in [9.17, 15) is 4.79 Å². The lowest BCUT2D eigenvalue weighted by Gasteiger charge is -2.16. The quantitative estimate of drug-likeness (QED) is 0.560. The predicted molar refractivity (Wildman–Crippen MR) is 72.7 cm³/mol. The molecular weight excluding hydrogens is 232 g/mol. The molecule has 0 aliphatic heterocycles. The minimum atomic E-state index is 0.148. The third-order valence-corrected chi connectivity index (χ3v) is 2.47. The molecule has 0 aromatic rings. The van der Waals surface area contributed by atoms with Crippen molar-refractivity contribution in [1.29, 1.82) is 0 Å². The van der Waals surface area contributed by atoms with Gasteiger partial charge in [0.1, 0.15) is 0 Å². The molecule has 0 heterocycles. The molecule has 0 aliphatic carbocycles. The highest BCUT2D eigenvalue weighted by Crippen LogP contribution is 1.89. The Kier molecular flexibility index (Phi) is 11.0. The van der Waals surface area contributed by atoms with E-state index in [2.05, 4.69) is 19.2 Å². The van der Waals surface area contributed by atoms with Crippen molar-refractivity contribution in [3.05, 3.63) is 0 Å².